The molecule has 0 saturated carbocycles. The minimum Gasteiger partial charge on any atom is -0.466 e. The van der Waals surface area contributed by atoms with E-state index in [1.165, 1.54) is 0 Å². The molecule has 0 amide bonds. The Balaban J connectivity index is 4.49. The molecule has 0 heterocycles. The van der Waals surface area contributed by atoms with E-state index in [9.17, 15) is 4.79 Å². The lowest BCUT2D eigenvalue weighted by atomic mass is 9.78. The molecule has 0 aliphatic heterocycles. The van der Waals surface area contributed by atoms with Crippen molar-refractivity contribution >= 4 is 5.97 Å². The normalized spacial score (nSPS) is 14.5. The number of unbranched alkanes of at least 4 members (excludes halogenated alkanes) is 2. The highest BCUT2D eigenvalue weighted by molar-refractivity contribution is 5.77. The predicted molar refractivity (Wildman–Crippen MR) is 67.2 cm³/mol. The summed E-state index contributed by atoms with van der Waals surface area (Å²) in [5, 5.41) is 0. The summed E-state index contributed by atoms with van der Waals surface area (Å²) in [6.45, 7) is 6.94. The van der Waals surface area contributed by atoms with E-state index in [1.807, 2.05) is 6.92 Å². The van der Waals surface area contributed by atoms with E-state index in [1.54, 1.807) is 0 Å². The molecule has 16 heavy (non-hydrogen) atoms. The Bertz CT molecular complexity index is 194. The molecule has 0 radical (unpaired) electrons. The van der Waals surface area contributed by atoms with Gasteiger partial charge in [0, 0.05) is 6.54 Å². The number of hydrogen-bond acceptors (Lipinski definition) is 3. The number of rotatable bonds is 9. The Labute approximate surface area is 99.7 Å². The Morgan fingerprint density at radius 1 is 1.12 bits per heavy atom. The van der Waals surface area contributed by atoms with Crippen LogP contribution in [-0.2, 0) is 9.53 Å². The van der Waals surface area contributed by atoms with E-state index >= 15 is 0 Å². The number of carbonyl (C=O) groups is 1. The van der Waals surface area contributed by atoms with Crippen molar-refractivity contribution in [3.8, 4) is 0 Å². The Morgan fingerprint density at radius 2 is 1.81 bits per heavy atom. The van der Waals surface area contributed by atoms with Crippen LogP contribution in [0.1, 0.15) is 59.3 Å². The van der Waals surface area contributed by atoms with Crippen molar-refractivity contribution in [2.75, 3.05) is 13.2 Å². The molecule has 0 fully saturated rings. The van der Waals surface area contributed by atoms with E-state index in [2.05, 4.69) is 13.8 Å². The standard InChI is InChI=1S/C13H27NO2/c1-4-7-8-10-13(11-14,9-5-2)12(15)16-6-3/h4-11,14H2,1-3H3. The summed E-state index contributed by atoms with van der Waals surface area (Å²) in [7, 11) is 0. The van der Waals surface area contributed by atoms with Gasteiger partial charge in [-0.05, 0) is 19.8 Å². The van der Waals surface area contributed by atoms with Crippen LogP contribution in [0.3, 0.4) is 0 Å². The second-order valence-electron chi connectivity index (χ2n) is 4.41. The molecular formula is C13H27NO2. The van der Waals surface area contributed by atoms with Gasteiger partial charge in [-0.15, -0.1) is 0 Å². The van der Waals surface area contributed by atoms with Crippen LogP contribution in [0.25, 0.3) is 0 Å². The van der Waals surface area contributed by atoms with Gasteiger partial charge < -0.3 is 10.5 Å². The maximum absolute atomic E-state index is 12.0. The summed E-state index contributed by atoms with van der Waals surface area (Å²) in [6, 6.07) is 0. The van der Waals surface area contributed by atoms with Gasteiger partial charge in [0.05, 0.1) is 12.0 Å². The van der Waals surface area contributed by atoms with Gasteiger partial charge in [0.1, 0.15) is 0 Å². The highest BCUT2D eigenvalue weighted by Crippen LogP contribution is 2.31. The highest BCUT2D eigenvalue weighted by Gasteiger charge is 2.36. The molecule has 0 aliphatic rings. The summed E-state index contributed by atoms with van der Waals surface area (Å²) in [5.74, 6) is -0.101. The van der Waals surface area contributed by atoms with E-state index in [4.69, 9.17) is 10.5 Å². The number of nitrogens with two attached hydrogens (primary N) is 1. The maximum Gasteiger partial charge on any atom is 0.313 e. The fraction of sp³-hybridized carbons (Fsp3) is 0.923. The van der Waals surface area contributed by atoms with Crippen LogP contribution >= 0.6 is 0 Å². The average Bonchev–Trinajstić information content (AvgIpc) is 2.28. The van der Waals surface area contributed by atoms with Crippen molar-refractivity contribution in [1.82, 2.24) is 0 Å². The van der Waals surface area contributed by atoms with Gasteiger partial charge in [-0.1, -0.05) is 39.5 Å². The molecule has 2 N–H and O–H groups in total. The molecule has 1 atom stereocenters. The molecule has 96 valence electrons. The van der Waals surface area contributed by atoms with Crippen LogP contribution in [0.5, 0.6) is 0 Å². The van der Waals surface area contributed by atoms with Gasteiger partial charge in [-0.2, -0.15) is 0 Å². The zero-order chi connectivity index (χ0) is 12.4. The van der Waals surface area contributed by atoms with E-state index < -0.39 is 5.41 Å². The number of hydrogen-bond donors (Lipinski definition) is 1. The first kappa shape index (κ1) is 15.4. The van der Waals surface area contributed by atoms with Gasteiger partial charge >= 0.3 is 5.97 Å². The summed E-state index contributed by atoms with van der Waals surface area (Å²) >= 11 is 0. The zero-order valence-corrected chi connectivity index (χ0v) is 11.1. The van der Waals surface area contributed by atoms with Crippen LogP contribution in [-0.4, -0.2) is 19.1 Å². The Morgan fingerprint density at radius 3 is 2.25 bits per heavy atom. The zero-order valence-electron chi connectivity index (χ0n) is 11.1. The second kappa shape index (κ2) is 8.57. The van der Waals surface area contributed by atoms with Crippen molar-refractivity contribution in [3.63, 3.8) is 0 Å². The fourth-order valence-electron chi connectivity index (χ4n) is 2.09. The van der Waals surface area contributed by atoms with Crippen molar-refractivity contribution in [2.24, 2.45) is 11.1 Å². The van der Waals surface area contributed by atoms with Gasteiger partial charge in [-0.3, -0.25) is 4.79 Å². The molecular weight excluding hydrogens is 202 g/mol. The minimum absolute atomic E-state index is 0.101. The van der Waals surface area contributed by atoms with Gasteiger partial charge in [-0.25, -0.2) is 0 Å². The lowest BCUT2D eigenvalue weighted by Crippen LogP contribution is -2.40. The topological polar surface area (TPSA) is 52.3 Å². The molecule has 1 unspecified atom stereocenters. The molecule has 0 aliphatic carbocycles. The third-order valence-corrected chi connectivity index (χ3v) is 3.09. The largest absolute Gasteiger partial charge is 0.466 e. The molecule has 0 bridgehead atoms. The lowest BCUT2D eigenvalue weighted by Gasteiger charge is -2.29. The average molecular weight is 229 g/mol. The number of ether oxygens (including phenoxy) is 1. The summed E-state index contributed by atoms with van der Waals surface area (Å²) in [6.07, 6.45) is 6.06. The van der Waals surface area contributed by atoms with Crippen molar-refractivity contribution in [2.45, 2.75) is 59.3 Å². The minimum atomic E-state index is -0.431. The van der Waals surface area contributed by atoms with Crippen molar-refractivity contribution in [1.29, 1.82) is 0 Å². The summed E-state index contributed by atoms with van der Waals surface area (Å²) in [5.41, 5.74) is 5.38. The van der Waals surface area contributed by atoms with Crippen molar-refractivity contribution < 1.29 is 9.53 Å². The Kier molecular flexibility index (Phi) is 8.26. The molecule has 3 heteroatoms. The molecule has 3 nitrogen and oxygen atoms in total. The van der Waals surface area contributed by atoms with Crippen LogP contribution in [0, 0.1) is 5.41 Å². The van der Waals surface area contributed by atoms with Crippen LogP contribution in [0.4, 0.5) is 0 Å². The molecule has 0 rings (SSSR count). The first-order valence-corrected chi connectivity index (χ1v) is 6.54. The van der Waals surface area contributed by atoms with E-state index in [-0.39, 0.29) is 5.97 Å². The molecule has 0 saturated heterocycles. The van der Waals surface area contributed by atoms with Crippen molar-refractivity contribution in [3.05, 3.63) is 0 Å². The van der Waals surface area contributed by atoms with Gasteiger partial charge in [0.2, 0.25) is 0 Å². The highest BCUT2D eigenvalue weighted by atomic mass is 16.5. The number of esters is 1. The smallest absolute Gasteiger partial charge is 0.313 e. The lowest BCUT2D eigenvalue weighted by molar-refractivity contribution is -0.156. The van der Waals surface area contributed by atoms with E-state index in [0.717, 1.165) is 38.5 Å². The third-order valence-electron chi connectivity index (χ3n) is 3.09. The first-order chi connectivity index (χ1) is 7.66. The molecule has 0 aromatic carbocycles. The fourth-order valence-corrected chi connectivity index (χ4v) is 2.09. The van der Waals surface area contributed by atoms with Crippen LogP contribution < -0.4 is 5.73 Å². The predicted octanol–water partition coefficient (Wildman–Crippen LogP) is 2.88. The quantitative estimate of drug-likeness (QED) is 0.488. The Hall–Kier alpha value is -0.570. The summed E-state index contributed by atoms with van der Waals surface area (Å²) in [4.78, 5) is 12.0. The van der Waals surface area contributed by atoms with Crippen LogP contribution in [0.2, 0.25) is 0 Å². The van der Waals surface area contributed by atoms with E-state index in [0.29, 0.717) is 13.2 Å². The molecule has 0 aromatic heterocycles. The second-order valence-corrected chi connectivity index (χ2v) is 4.41. The molecule has 0 aromatic rings. The van der Waals surface area contributed by atoms with Crippen LogP contribution in [0.15, 0.2) is 0 Å². The monoisotopic (exact) mass is 229 g/mol. The maximum atomic E-state index is 12.0. The van der Waals surface area contributed by atoms with Gasteiger partial charge in [0.25, 0.3) is 0 Å². The van der Waals surface area contributed by atoms with Gasteiger partial charge in [0.15, 0.2) is 0 Å². The molecule has 0 spiro atoms. The SMILES string of the molecule is CCCCCC(CN)(CCC)C(=O)OCC. The number of carbonyl (C=O) groups excluding carboxylic acids is 1. The first-order valence-electron chi connectivity index (χ1n) is 6.54. The third kappa shape index (κ3) is 4.52. The summed E-state index contributed by atoms with van der Waals surface area (Å²) < 4.78 is 5.16.